The molecule has 1 aliphatic carbocycles. The molecule has 1 aromatic carbocycles. The summed E-state index contributed by atoms with van der Waals surface area (Å²) in [5.41, 5.74) is 7.70. The summed E-state index contributed by atoms with van der Waals surface area (Å²) >= 11 is 1.80. The number of hydrogen-bond acceptors (Lipinski definition) is 5. The number of benzene rings is 1. The van der Waals surface area contributed by atoms with Gasteiger partial charge in [-0.05, 0) is 30.5 Å². The smallest absolute Gasteiger partial charge is 0.182 e. The van der Waals surface area contributed by atoms with E-state index < -0.39 is 0 Å². The Morgan fingerprint density at radius 1 is 1.24 bits per heavy atom. The normalized spacial score (nSPS) is 31.2. The van der Waals surface area contributed by atoms with Crippen LogP contribution in [-0.4, -0.2) is 45.5 Å². The number of terminal acetylenes is 1. The van der Waals surface area contributed by atoms with Crippen molar-refractivity contribution in [2.24, 2.45) is 10.7 Å². The lowest BCUT2D eigenvalue weighted by molar-refractivity contribution is 0.109. The van der Waals surface area contributed by atoms with E-state index in [1.54, 1.807) is 11.8 Å². The van der Waals surface area contributed by atoms with Crippen LogP contribution in [0.2, 0.25) is 0 Å². The highest BCUT2D eigenvalue weighted by Gasteiger charge is 2.49. The standard InChI is InChI=1S/C23H31N3O2S/c1-2-13-28-18-12-8-9-16(14-18)19-15-20(27)25-22-21(19)29-23(24)26(22)17-10-6-4-3-5-7-11-17/h1,8-9,12,14,17,19,21-23H,3-7,10-11,13,15,24H2,(H,25,27). The van der Waals surface area contributed by atoms with E-state index in [0.717, 1.165) is 11.3 Å². The van der Waals surface area contributed by atoms with Gasteiger partial charge in [-0.2, -0.15) is 0 Å². The fourth-order valence-electron chi connectivity index (χ4n) is 5.01. The molecular weight excluding hydrogens is 382 g/mol. The molecule has 1 saturated heterocycles. The zero-order valence-electron chi connectivity index (χ0n) is 16.9. The topological polar surface area (TPSA) is 71.1 Å². The molecule has 2 heterocycles. The Morgan fingerprint density at radius 2 is 2.00 bits per heavy atom. The predicted molar refractivity (Wildman–Crippen MR) is 119 cm³/mol. The molecule has 3 N–H and O–H groups in total. The van der Waals surface area contributed by atoms with Crippen molar-refractivity contribution in [2.75, 3.05) is 6.61 Å². The van der Waals surface area contributed by atoms with Crippen molar-refractivity contribution in [1.82, 2.24) is 4.90 Å². The van der Waals surface area contributed by atoms with Crippen molar-refractivity contribution in [3.05, 3.63) is 29.8 Å². The van der Waals surface area contributed by atoms with Gasteiger partial charge in [0.1, 0.15) is 24.0 Å². The van der Waals surface area contributed by atoms with Crippen molar-refractivity contribution >= 4 is 17.7 Å². The third-order valence-corrected chi connectivity index (χ3v) is 7.78. The van der Waals surface area contributed by atoms with Crippen LogP contribution in [-0.2, 0) is 0 Å². The summed E-state index contributed by atoms with van der Waals surface area (Å²) < 4.78 is 5.62. The first-order valence-electron chi connectivity index (χ1n) is 10.8. The highest BCUT2D eigenvalue weighted by atomic mass is 32.2. The number of thioether (sulfide) groups is 1. The van der Waals surface area contributed by atoms with E-state index in [0.29, 0.717) is 12.5 Å². The lowest BCUT2D eigenvalue weighted by Gasteiger charge is -2.38. The van der Waals surface area contributed by atoms with Gasteiger partial charge in [-0.1, -0.05) is 50.2 Å². The van der Waals surface area contributed by atoms with Gasteiger partial charge >= 0.3 is 0 Å². The molecule has 1 saturated carbocycles. The molecule has 0 spiro atoms. The molecule has 5 nitrogen and oxygen atoms in total. The van der Waals surface area contributed by atoms with Gasteiger partial charge < -0.3 is 15.6 Å². The van der Waals surface area contributed by atoms with Crippen molar-refractivity contribution in [1.29, 1.82) is 0 Å². The molecular formula is C23H31N3O2S. The third-order valence-electron chi connectivity index (χ3n) is 6.37. The van der Waals surface area contributed by atoms with E-state index in [1.807, 2.05) is 18.2 Å². The molecule has 2 aliphatic heterocycles. The molecule has 29 heavy (non-hydrogen) atoms. The number of rotatable bonds is 4. The first-order valence-corrected chi connectivity index (χ1v) is 11.7. The fourth-order valence-corrected chi connectivity index (χ4v) is 6.55. The van der Waals surface area contributed by atoms with Crippen LogP contribution in [0, 0.1) is 12.3 Å². The number of nitrogens with zero attached hydrogens (tertiary/aromatic N) is 2. The Balaban J connectivity index is 1.57. The van der Waals surface area contributed by atoms with Gasteiger partial charge in [0.15, 0.2) is 5.90 Å². The number of aliphatic hydroxyl groups excluding tert-OH is 1. The lowest BCUT2D eigenvalue weighted by atomic mass is 9.87. The molecule has 156 valence electrons. The zero-order chi connectivity index (χ0) is 20.2. The van der Waals surface area contributed by atoms with E-state index >= 15 is 0 Å². The van der Waals surface area contributed by atoms with Crippen LogP contribution in [0.4, 0.5) is 0 Å². The minimum absolute atomic E-state index is 0.0616. The summed E-state index contributed by atoms with van der Waals surface area (Å²) in [6.45, 7) is 0.252. The van der Waals surface area contributed by atoms with Gasteiger partial charge in [-0.3, -0.25) is 4.90 Å². The van der Waals surface area contributed by atoms with Crippen molar-refractivity contribution < 1.29 is 9.84 Å². The van der Waals surface area contributed by atoms with Gasteiger partial charge in [0.05, 0.1) is 5.25 Å². The molecule has 0 amide bonds. The van der Waals surface area contributed by atoms with Gasteiger partial charge in [0, 0.05) is 18.4 Å². The van der Waals surface area contributed by atoms with Crippen LogP contribution < -0.4 is 10.5 Å². The first-order chi connectivity index (χ1) is 14.2. The van der Waals surface area contributed by atoms with E-state index in [4.69, 9.17) is 21.9 Å². The SMILES string of the molecule is C#CCOc1cccc(C2CC(O)=NC3C2SC(N)N3C2CCCCCCC2)c1. The molecule has 4 rings (SSSR count). The molecule has 4 unspecified atom stereocenters. The maximum absolute atomic E-state index is 10.5. The van der Waals surface area contributed by atoms with Crippen LogP contribution in [0.25, 0.3) is 0 Å². The van der Waals surface area contributed by atoms with Crippen molar-refractivity contribution in [3.63, 3.8) is 0 Å². The average Bonchev–Trinajstić information content (AvgIpc) is 3.02. The second-order valence-electron chi connectivity index (χ2n) is 8.27. The van der Waals surface area contributed by atoms with Crippen LogP contribution in [0.5, 0.6) is 5.75 Å². The Labute approximate surface area is 178 Å². The van der Waals surface area contributed by atoms with Crippen molar-refractivity contribution in [2.45, 2.75) is 80.2 Å². The molecule has 0 radical (unpaired) electrons. The Kier molecular flexibility index (Phi) is 6.69. The molecule has 0 bridgehead atoms. The highest BCUT2D eigenvalue weighted by Crippen LogP contribution is 2.48. The van der Waals surface area contributed by atoms with Crippen LogP contribution >= 0.6 is 11.8 Å². The Hall–Kier alpha value is -1.68. The minimum atomic E-state index is -0.0764. The van der Waals surface area contributed by atoms with Crippen LogP contribution in [0.3, 0.4) is 0 Å². The number of fused-ring (bicyclic) bond motifs is 1. The molecule has 3 aliphatic rings. The summed E-state index contributed by atoms with van der Waals surface area (Å²) in [4.78, 5) is 7.08. The Morgan fingerprint density at radius 3 is 2.76 bits per heavy atom. The molecule has 6 heteroatoms. The van der Waals surface area contributed by atoms with Gasteiger partial charge in [0.2, 0.25) is 0 Å². The fraction of sp³-hybridized carbons (Fsp3) is 0.609. The number of nitrogens with two attached hydrogens (primary N) is 1. The van der Waals surface area contributed by atoms with Gasteiger partial charge in [-0.25, -0.2) is 4.99 Å². The van der Waals surface area contributed by atoms with E-state index in [9.17, 15) is 5.11 Å². The van der Waals surface area contributed by atoms with Gasteiger partial charge in [-0.15, -0.1) is 18.2 Å². The number of aliphatic hydroxyl groups is 1. The van der Waals surface area contributed by atoms with E-state index in [2.05, 4.69) is 16.9 Å². The highest BCUT2D eigenvalue weighted by molar-refractivity contribution is 8.00. The summed E-state index contributed by atoms with van der Waals surface area (Å²) in [5, 5.41) is 10.7. The maximum atomic E-state index is 10.5. The molecule has 0 aromatic heterocycles. The van der Waals surface area contributed by atoms with E-state index in [-0.39, 0.29) is 35.3 Å². The first kappa shape index (κ1) is 20.6. The predicted octanol–water partition coefficient (Wildman–Crippen LogP) is 4.24. The summed E-state index contributed by atoms with van der Waals surface area (Å²) in [6, 6.07) is 8.51. The second kappa shape index (κ2) is 9.42. The zero-order valence-corrected chi connectivity index (χ0v) is 17.7. The Bertz CT molecular complexity index is 770. The number of aliphatic imine (C=N–C) groups is 1. The molecule has 1 aromatic rings. The van der Waals surface area contributed by atoms with Crippen molar-refractivity contribution in [3.8, 4) is 18.1 Å². The monoisotopic (exact) mass is 413 g/mol. The quantitative estimate of drug-likeness (QED) is 0.723. The van der Waals surface area contributed by atoms with E-state index in [1.165, 1.54) is 44.9 Å². The maximum Gasteiger partial charge on any atom is 0.182 e. The lowest BCUT2D eigenvalue weighted by Crippen LogP contribution is -2.50. The second-order valence-corrected chi connectivity index (χ2v) is 9.57. The van der Waals surface area contributed by atoms with Crippen LogP contribution in [0.15, 0.2) is 29.3 Å². The number of hydrogen-bond donors (Lipinski definition) is 2. The summed E-state index contributed by atoms with van der Waals surface area (Å²) in [5.74, 6) is 3.66. The number of ether oxygens (including phenoxy) is 1. The van der Waals surface area contributed by atoms with Crippen LogP contribution in [0.1, 0.15) is 62.8 Å². The third kappa shape index (κ3) is 4.58. The summed E-state index contributed by atoms with van der Waals surface area (Å²) in [6.07, 6.45) is 14.6. The largest absolute Gasteiger partial charge is 0.497 e. The average molecular weight is 414 g/mol. The minimum Gasteiger partial charge on any atom is -0.497 e. The summed E-state index contributed by atoms with van der Waals surface area (Å²) in [7, 11) is 0. The van der Waals surface area contributed by atoms with Gasteiger partial charge in [0.25, 0.3) is 0 Å². The molecule has 2 fully saturated rings. The molecule has 4 atom stereocenters.